The SMILES string of the molecule is CNc1cc(Nc2ncc3c(n2)n(C2CCOCC2)c(=O)n3C)c(C)cc1C(N)=O. The van der Waals surface area contributed by atoms with Gasteiger partial charge in [-0.05, 0) is 37.5 Å². The molecule has 0 atom stereocenters. The number of primary amides is 1. The Bertz CT molecular complexity index is 1180. The van der Waals surface area contributed by atoms with Crippen LogP contribution in [0.25, 0.3) is 11.2 Å². The van der Waals surface area contributed by atoms with Crippen LogP contribution in [-0.2, 0) is 11.8 Å². The Hall–Kier alpha value is -3.40. The summed E-state index contributed by atoms with van der Waals surface area (Å²) in [6, 6.07) is 3.56. The fourth-order valence-corrected chi connectivity index (χ4v) is 3.84. The monoisotopic (exact) mass is 411 g/mol. The number of hydrogen-bond acceptors (Lipinski definition) is 7. The summed E-state index contributed by atoms with van der Waals surface area (Å²) in [5.74, 6) is -0.137. The molecule has 4 rings (SSSR count). The maximum absolute atomic E-state index is 12.8. The smallest absolute Gasteiger partial charge is 0.330 e. The molecule has 30 heavy (non-hydrogen) atoms. The second kappa shape index (κ2) is 7.79. The maximum Gasteiger partial charge on any atom is 0.330 e. The lowest BCUT2D eigenvalue weighted by molar-refractivity contribution is 0.0695. The Morgan fingerprint density at radius 1 is 1.27 bits per heavy atom. The summed E-state index contributed by atoms with van der Waals surface area (Å²) >= 11 is 0. The van der Waals surface area contributed by atoms with Gasteiger partial charge in [-0.3, -0.25) is 13.9 Å². The minimum atomic E-state index is -0.503. The third-order valence-electron chi connectivity index (χ3n) is 5.53. The van der Waals surface area contributed by atoms with Crippen LogP contribution in [-0.4, -0.2) is 45.3 Å². The van der Waals surface area contributed by atoms with Gasteiger partial charge in [-0.15, -0.1) is 0 Å². The second-order valence-electron chi connectivity index (χ2n) is 7.41. The average Bonchev–Trinajstić information content (AvgIpc) is 2.99. The van der Waals surface area contributed by atoms with Crippen LogP contribution >= 0.6 is 0 Å². The number of aromatic nitrogens is 4. The van der Waals surface area contributed by atoms with E-state index in [-0.39, 0.29) is 11.7 Å². The molecule has 0 radical (unpaired) electrons. The number of carbonyl (C=O) groups is 1. The van der Waals surface area contributed by atoms with Crippen molar-refractivity contribution in [3.63, 3.8) is 0 Å². The number of nitrogens with two attached hydrogens (primary N) is 1. The van der Waals surface area contributed by atoms with Crippen LogP contribution in [0, 0.1) is 6.92 Å². The zero-order valence-electron chi connectivity index (χ0n) is 17.2. The Morgan fingerprint density at radius 3 is 2.67 bits per heavy atom. The fraction of sp³-hybridized carbons (Fsp3) is 0.400. The number of rotatable bonds is 5. The van der Waals surface area contributed by atoms with Crippen molar-refractivity contribution in [3.05, 3.63) is 39.9 Å². The van der Waals surface area contributed by atoms with Gasteiger partial charge in [0, 0.05) is 44.7 Å². The molecule has 0 saturated carbocycles. The van der Waals surface area contributed by atoms with Crippen molar-refractivity contribution in [3.8, 4) is 0 Å². The summed E-state index contributed by atoms with van der Waals surface area (Å²) in [6.45, 7) is 3.12. The number of amides is 1. The van der Waals surface area contributed by atoms with Crippen molar-refractivity contribution in [2.24, 2.45) is 12.8 Å². The molecule has 4 N–H and O–H groups in total. The first-order valence-corrected chi connectivity index (χ1v) is 9.81. The van der Waals surface area contributed by atoms with Crippen molar-refractivity contribution in [1.29, 1.82) is 0 Å². The van der Waals surface area contributed by atoms with Gasteiger partial charge in [0.15, 0.2) is 5.65 Å². The molecule has 10 nitrogen and oxygen atoms in total. The van der Waals surface area contributed by atoms with E-state index in [9.17, 15) is 9.59 Å². The first-order valence-electron chi connectivity index (χ1n) is 9.81. The van der Waals surface area contributed by atoms with Crippen molar-refractivity contribution < 1.29 is 9.53 Å². The Kier molecular flexibility index (Phi) is 5.17. The predicted octanol–water partition coefficient (Wildman–Crippen LogP) is 1.67. The van der Waals surface area contributed by atoms with Gasteiger partial charge in [-0.1, -0.05) is 0 Å². The van der Waals surface area contributed by atoms with Crippen LogP contribution in [0.15, 0.2) is 23.1 Å². The van der Waals surface area contributed by atoms with Crippen LogP contribution in [0.2, 0.25) is 0 Å². The predicted molar refractivity (Wildman–Crippen MR) is 114 cm³/mol. The Balaban J connectivity index is 1.76. The van der Waals surface area contributed by atoms with Gasteiger partial charge in [-0.2, -0.15) is 4.98 Å². The number of nitrogens with zero attached hydrogens (tertiary/aromatic N) is 4. The standard InChI is InChI=1S/C20H25N7O3/c1-11-8-13(17(21)28)15(22-2)9-14(11)24-19-23-10-16-18(25-19)27(20(29)26(16)3)12-4-6-30-7-5-12/h8-10,12,22H,4-7H2,1-3H3,(H2,21,28)(H,23,24,25). The van der Waals surface area contributed by atoms with Crippen molar-refractivity contribution in [2.45, 2.75) is 25.8 Å². The van der Waals surface area contributed by atoms with E-state index in [0.717, 1.165) is 24.1 Å². The van der Waals surface area contributed by atoms with Gasteiger partial charge in [0.05, 0.1) is 11.8 Å². The number of nitrogens with one attached hydrogen (secondary N) is 2. The van der Waals surface area contributed by atoms with Gasteiger partial charge < -0.3 is 21.1 Å². The highest BCUT2D eigenvalue weighted by molar-refractivity contribution is 5.99. The summed E-state index contributed by atoms with van der Waals surface area (Å²) in [5, 5.41) is 6.18. The van der Waals surface area contributed by atoms with E-state index in [4.69, 9.17) is 10.5 Å². The molecule has 1 aliphatic rings. The number of imidazole rings is 1. The van der Waals surface area contributed by atoms with Gasteiger partial charge in [-0.25, -0.2) is 9.78 Å². The number of carbonyl (C=O) groups excluding carboxylic acids is 1. The Labute approximate surface area is 173 Å². The summed E-state index contributed by atoms with van der Waals surface area (Å²) in [7, 11) is 3.45. The molecule has 0 aliphatic carbocycles. The lowest BCUT2D eigenvalue weighted by atomic mass is 10.1. The third-order valence-corrected chi connectivity index (χ3v) is 5.53. The molecule has 1 aromatic carbocycles. The van der Waals surface area contributed by atoms with E-state index in [1.54, 1.807) is 41.6 Å². The van der Waals surface area contributed by atoms with Gasteiger partial charge >= 0.3 is 5.69 Å². The molecule has 1 aliphatic heterocycles. The molecule has 2 aromatic heterocycles. The number of ether oxygens (including phenoxy) is 1. The highest BCUT2D eigenvalue weighted by Gasteiger charge is 2.23. The molecule has 3 aromatic rings. The summed E-state index contributed by atoms with van der Waals surface area (Å²) in [4.78, 5) is 33.5. The fourth-order valence-electron chi connectivity index (χ4n) is 3.84. The number of fused-ring (bicyclic) bond motifs is 1. The lowest BCUT2D eigenvalue weighted by Crippen LogP contribution is -2.30. The van der Waals surface area contributed by atoms with Gasteiger partial charge in [0.1, 0.15) is 5.52 Å². The van der Waals surface area contributed by atoms with E-state index in [0.29, 0.717) is 41.6 Å². The minimum Gasteiger partial charge on any atom is -0.387 e. The zero-order valence-corrected chi connectivity index (χ0v) is 17.2. The van der Waals surface area contributed by atoms with Crippen LogP contribution in [0.5, 0.6) is 0 Å². The van der Waals surface area contributed by atoms with E-state index >= 15 is 0 Å². The third kappa shape index (κ3) is 3.39. The molecule has 0 unspecified atom stereocenters. The molecular formula is C20H25N7O3. The highest BCUT2D eigenvalue weighted by Crippen LogP contribution is 2.28. The number of benzene rings is 1. The van der Waals surface area contributed by atoms with Crippen molar-refractivity contribution in [2.75, 3.05) is 30.9 Å². The molecule has 0 bridgehead atoms. The van der Waals surface area contributed by atoms with Crippen LogP contribution in [0.4, 0.5) is 17.3 Å². The Morgan fingerprint density at radius 2 is 2.00 bits per heavy atom. The van der Waals surface area contributed by atoms with Gasteiger partial charge in [0.25, 0.3) is 5.91 Å². The summed E-state index contributed by atoms with van der Waals surface area (Å²) in [5.41, 5.74) is 9.19. The molecular weight excluding hydrogens is 386 g/mol. The van der Waals surface area contributed by atoms with Gasteiger partial charge in [0.2, 0.25) is 5.95 Å². The molecule has 1 amide bonds. The summed E-state index contributed by atoms with van der Waals surface area (Å²) < 4.78 is 8.75. The largest absolute Gasteiger partial charge is 0.387 e. The van der Waals surface area contributed by atoms with Crippen LogP contribution in [0.1, 0.15) is 34.8 Å². The lowest BCUT2D eigenvalue weighted by Gasteiger charge is -2.22. The average molecular weight is 411 g/mol. The number of hydrogen-bond donors (Lipinski definition) is 3. The normalized spacial score (nSPS) is 14.8. The molecule has 1 fully saturated rings. The summed E-state index contributed by atoms with van der Waals surface area (Å²) in [6.07, 6.45) is 3.18. The second-order valence-corrected chi connectivity index (χ2v) is 7.41. The first kappa shape index (κ1) is 19.9. The molecule has 158 valence electrons. The molecule has 1 saturated heterocycles. The van der Waals surface area contributed by atoms with Crippen LogP contribution in [0.3, 0.4) is 0 Å². The van der Waals surface area contributed by atoms with Crippen molar-refractivity contribution >= 4 is 34.4 Å². The quantitative estimate of drug-likeness (QED) is 0.582. The van der Waals surface area contributed by atoms with E-state index < -0.39 is 5.91 Å². The van der Waals surface area contributed by atoms with E-state index in [1.165, 1.54) is 0 Å². The number of anilines is 3. The van der Waals surface area contributed by atoms with E-state index in [2.05, 4.69) is 20.6 Å². The first-order chi connectivity index (χ1) is 14.4. The molecule has 0 spiro atoms. The molecule has 3 heterocycles. The van der Waals surface area contributed by atoms with Crippen LogP contribution < -0.4 is 22.1 Å². The minimum absolute atomic E-state index is 0.0465. The van der Waals surface area contributed by atoms with E-state index in [1.807, 2.05) is 6.92 Å². The topological polar surface area (TPSA) is 129 Å². The number of aryl methyl sites for hydroxylation is 2. The molecule has 10 heteroatoms. The highest BCUT2D eigenvalue weighted by atomic mass is 16.5. The maximum atomic E-state index is 12.8. The zero-order chi connectivity index (χ0) is 21.4. The van der Waals surface area contributed by atoms with Crippen molar-refractivity contribution in [1.82, 2.24) is 19.1 Å².